The number of thiol groups is 2. The quantitative estimate of drug-likeness (QED) is 0.0220. The Morgan fingerprint density at radius 3 is 1.62 bits per heavy atom. The summed E-state index contributed by atoms with van der Waals surface area (Å²) in [6.45, 7) is 6.05. The number of hydrogen-bond donors (Lipinski definition) is 15. The van der Waals surface area contributed by atoms with Crippen molar-refractivity contribution in [2.24, 2.45) is 17.4 Å². The van der Waals surface area contributed by atoms with Crippen LogP contribution in [0.1, 0.15) is 63.6 Å². The van der Waals surface area contributed by atoms with Gasteiger partial charge in [0, 0.05) is 54.8 Å². The fourth-order valence-corrected chi connectivity index (χ4v) is 9.35. The molecule has 22 nitrogen and oxygen atoms in total. The Bertz CT molecular complexity index is 2980. The summed E-state index contributed by atoms with van der Waals surface area (Å²) in [4.78, 5) is 127. The van der Waals surface area contributed by atoms with E-state index in [0.29, 0.717) is 24.0 Å². The average molecular weight is 1140 g/mol. The van der Waals surface area contributed by atoms with Crippen LogP contribution >= 0.6 is 25.3 Å². The number of aliphatic hydroxyl groups is 1. The minimum absolute atomic E-state index is 0.0336. The second-order valence-corrected chi connectivity index (χ2v) is 20.6. The monoisotopic (exact) mass is 1140 g/mol. The van der Waals surface area contributed by atoms with Crippen molar-refractivity contribution in [3.05, 3.63) is 114 Å². The molecule has 0 bridgehead atoms. The molecule has 5 aromatic rings. The number of aliphatic hydroxyl groups excluding tert-OH is 1. The van der Waals surface area contributed by atoms with Crippen molar-refractivity contribution in [1.29, 1.82) is 0 Å². The van der Waals surface area contributed by atoms with Crippen molar-refractivity contribution >= 4 is 100 Å². The van der Waals surface area contributed by atoms with Crippen molar-refractivity contribution < 1.29 is 53.4 Å². The van der Waals surface area contributed by atoms with E-state index in [1.165, 1.54) is 26.0 Å². The Morgan fingerprint density at radius 1 is 0.550 bits per heavy atom. The summed E-state index contributed by atoms with van der Waals surface area (Å²) in [5.41, 5.74) is 13.7. The molecule has 80 heavy (non-hydrogen) atoms. The molecule has 0 spiro atoms. The Labute approximate surface area is 474 Å². The summed E-state index contributed by atoms with van der Waals surface area (Å²) in [7, 11) is 0. The zero-order chi connectivity index (χ0) is 58.6. The number of primary amides is 1. The van der Waals surface area contributed by atoms with Gasteiger partial charge in [-0.2, -0.15) is 25.3 Å². The van der Waals surface area contributed by atoms with E-state index in [1.54, 1.807) is 38.2 Å². The molecule has 430 valence electrons. The van der Waals surface area contributed by atoms with E-state index >= 15 is 0 Å². The number of phenols is 1. The molecule has 1 aromatic heterocycles. The summed E-state index contributed by atoms with van der Waals surface area (Å²) in [5.74, 6) is -8.28. The number of aromatic nitrogens is 1. The van der Waals surface area contributed by atoms with Gasteiger partial charge in [-0.1, -0.05) is 86.6 Å². The van der Waals surface area contributed by atoms with Gasteiger partial charge in [0.05, 0.1) is 6.10 Å². The number of nitrogens with two attached hydrogens (primary N) is 2. The lowest BCUT2D eigenvalue weighted by molar-refractivity contribution is -0.136. The smallest absolute Gasteiger partial charge is 0.244 e. The van der Waals surface area contributed by atoms with Gasteiger partial charge in [0.25, 0.3) is 0 Å². The Kier molecular flexibility index (Phi) is 24.2. The summed E-state index contributed by atoms with van der Waals surface area (Å²) in [6, 6.07) is 15.7. The van der Waals surface area contributed by atoms with E-state index in [1.807, 2.05) is 60.7 Å². The molecule has 15 N–H and O–H groups in total. The third-order valence-electron chi connectivity index (χ3n) is 13.2. The lowest BCUT2D eigenvalue weighted by Crippen LogP contribution is -2.62. The number of aromatic hydroxyl groups is 1. The van der Waals surface area contributed by atoms with E-state index < -0.39 is 114 Å². The number of amides is 9. The predicted octanol–water partition coefficient (Wildman–Crippen LogP) is 0.464. The molecular weight excluding hydrogens is 1070 g/mol. The number of carbonyl (C=O) groups is 9. The SMILES string of the molecule is CC(=O)N[C@@H](Cc1ccc2ccccc2c1)C(=O)N[C@@H](CS)C(=O)N[C@@H](Cc1ccc(O)cc1)C(=O)N[C@H](Cc1c[nH]c2ccccc12)C(=O)N[C@@H](CCCCN)C(=O)N[C@H](C(=O)N[C@@H](CS)C(=O)N[C@H](C(N)=O)[C@@H](C)O)C(C)C. The number of unbranched alkanes of at least 4 members (excludes halogenated alkanes) is 1. The highest BCUT2D eigenvalue weighted by Gasteiger charge is 2.36. The summed E-state index contributed by atoms with van der Waals surface area (Å²) in [5, 5.41) is 43.9. The van der Waals surface area contributed by atoms with E-state index in [9.17, 15) is 53.4 Å². The van der Waals surface area contributed by atoms with Crippen molar-refractivity contribution in [2.75, 3.05) is 18.1 Å². The molecule has 0 fully saturated rings. The fourth-order valence-electron chi connectivity index (χ4n) is 8.84. The van der Waals surface area contributed by atoms with E-state index in [2.05, 4.69) is 72.8 Å². The van der Waals surface area contributed by atoms with Gasteiger partial charge in [0.1, 0.15) is 54.1 Å². The van der Waals surface area contributed by atoms with Crippen molar-refractivity contribution in [2.45, 2.75) is 121 Å². The molecule has 5 rings (SSSR count). The molecule has 0 aliphatic rings. The molecule has 9 atom stereocenters. The van der Waals surface area contributed by atoms with Crippen LogP contribution in [0.2, 0.25) is 0 Å². The maximum atomic E-state index is 14.8. The maximum Gasteiger partial charge on any atom is 0.244 e. The van der Waals surface area contributed by atoms with Crippen LogP contribution in [-0.2, 0) is 62.4 Å². The fraction of sp³-hybridized carbons (Fsp3) is 0.411. The number of benzene rings is 4. The number of phenolic OH excluding ortho intramolecular Hbond substituents is 1. The Balaban J connectivity index is 1.41. The third kappa shape index (κ3) is 18.5. The van der Waals surface area contributed by atoms with Crippen LogP contribution in [0, 0.1) is 5.92 Å². The van der Waals surface area contributed by atoms with Crippen LogP contribution in [0.15, 0.2) is 97.2 Å². The normalized spacial score (nSPS) is 14.7. The summed E-state index contributed by atoms with van der Waals surface area (Å²) in [6.07, 6.45) is 0.923. The second-order valence-electron chi connectivity index (χ2n) is 19.9. The molecule has 0 saturated carbocycles. The largest absolute Gasteiger partial charge is 0.508 e. The lowest BCUT2D eigenvalue weighted by Gasteiger charge is -2.29. The van der Waals surface area contributed by atoms with Crippen LogP contribution in [0.4, 0.5) is 0 Å². The van der Waals surface area contributed by atoms with E-state index in [4.69, 9.17) is 11.5 Å². The van der Waals surface area contributed by atoms with Gasteiger partial charge < -0.3 is 69.2 Å². The molecule has 4 aromatic carbocycles. The van der Waals surface area contributed by atoms with Crippen LogP contribution in [0.25, 0.3) is 21.7 Å². The van der Waals surface area contributed by atoms with Crippen LogP contribution in [0.5, 0.6) is 5.75 Å². The third-order valence-corrected chi connectivity index (χ3v) is 14.0. The Morgan fingerprint density at radius 2 is 1.04 bits per heavy atom. The highest BCUT2D eigenvalue weighted by atomic mass is 32.1. The van der Waals surface area contributed by atoms with Crippen molar-refractivity contribution in [3.8, 4) is 5.75 Å². The number of para-hydroxylation sites is 1. The summed E-state index contributed by atoms with van der Waals surface area (Å²) >= 11 is 8.56. The predicted molar refractivity (Wildman–Crippen MR) is 309 cm³/mol. The van der Waals surface area contributed by atoms with Crippen molar-refractivity contribution in [3.63, 3.8) is 0 Å². The molecule has 0 unspecified atom stereocenters. The van der Waals surface area contributed by atoms with Crippen LogP contribution in [0.3, 0.4) is 0 Å². The zero-order valence-corrected chi connectivity index (χ0v) is 46.8. The van der Waals surface area contributed by atoms with E-state index in [-0.39, 0.29) is 49.5 Å². The number of aromatic amines is 1. The average Bonchev–Trinajstić information content (AvgIpc) is 3.84. The number of H-pyrrole nitrogens is 1. The van der Waals surface area contributed by atoms with Gasteiger partial charge >= 0.3 is 0 Å². The first-order valence-corrected chi connectivity index (χ1v) is 27.5. The van der Waals surface area contributed by atoms with Gasteiger partial charge in [0.15, 0.2) is 0 Å². The van der Waals surface area contributed by atoms with Gasteiger partial charge in [-0.25, -0.2) is 0 Å². The van der Waals surface area contributed by atoms with Crippen molar-refractivity contribution in [1.82, 2.24) is 47.5 Å². The first kappa shape index (κ1) is 63.2. The Hall–Kier alpha value is -7.67. The lowest BCUT2D eigenvalue weighted by atomic mass is 10.00. The molecule has 9 amide bonds. The van der Waals surface area contributed by atoms with Gasteiger partial charge in [0.2, 0.25) is 53.2 Å². The number of fused-ring (bicyclic) bond motifs is 2. The molecule has 0 aliphatic carbocycles. The topological polar surface area (TPSA) is 358 Å². The first-order chi connectivity index (χ1) is 38.1. The van der Waals surface area contributed by atoms with Crippen LogP contribution in [-0.4, -0.2) is 141 Å². The molecule has 0 saturated heterocycles. The standard InChI is InChI=1S/C56H73N11O11S2/c1-30(2)47(56(78)65-46(29-80)55(77)67-48(31(3)68)49(58)71)66-50(72)41(15-9-10-22-57)61-53(75)44(26-37-27-59-40-14-8-7-13-39(37)40)63-52(74)43(24-33-17-20-38(70)21-18-33)62-54(76)45(28-79)64-51(73)42(60-32(4)69)25-34-16-19-35-11-5-6-12-36(35)23-34/h5-8,11-14,16-21,23,27,30-31,41-48,59,68,70,79-80H,9-10,15,22,24-26,28-29,57H2,1-4H3,(H2,58,71)(H,60,69)(H,61,75)(H,62,76)(H,63,74)(H,64,73)(H,65,78)(H,66,72)(H,67,77)/t31-,41+,42+,43+,44-,45+,46+,47+,48+/m1/s1. The molecule has 1 heterocycles. The van der Waals surface area contributed by atoms with Gasteiger partial charge in [-0.3, -0.25) is 43.2 Å². The minimum Gasteiger partial charge on any atom is -0.508 e. The number of hydrogen-bond acceptors (Lipinski definition) is 14. The van der Waals surface area contributed by atoms with Crippen LogP contribution < -0.4 is 54.0 Å². The number of rotatable bonds is 30. The first-order valence-electron chi connectivity index (χ1n) is 26.2. The van der Waals surface area contributed by atoms with Gasteiger partial charge in [-0.05, 0) is 84.3 Å². The van der Waals surface area contributed by atoms with E-state index in [0.717, 1.165) is 27.2 Å². The minimum atomic E-state index is -1.47. The summed E-state index contributed by atoms with van der Waals surface area (Å²) < 4.78 is 0. The zero-order valence-electron chi connectivity index (χ0n) is 45.0. The van der Waals surface area contributed by atoms with Gasteiger partial charge in [-0.15, -0.1) is 0 Å². The molecule has 0 aliphatic heterocycles. The molecular formula is C56H73N11O11S2. The number of nitrogens with one attached hydrogen (secondary N) is 9. The maximum absolute atomic E-state index is 14.8. The molecule has 24 heteroatoms. The molecule has 0 radical (unpaired) electrons. The second kappa shape index (κ2) is 30.6. The highest BCUT2D eigenvalue weighted by molar-refractivity contribution is 7.80. The highest BCUT2D eigenvalue weighted by Crippen LogP contribution is 2.21. The number of carbonyl (C=O) groups excluding carboxylic acids is 9.